The van der Waals surface area contributed by atoms with Crippen LogP contribution in [0.5, 0.6) is 5.75 Å². The lowest BCUT2D eigenvalue weighted by Crippen LogP contribution is -2.29. The van der Waals surface area contributed by atoms with Crippen molar-refractivity contribution in [1.82, 2.24) is 4.98 Å². The summed E-state index contributed by atoms with van der Waals surface area (Å²) in [6.07, 6.45) is 3.15. The summed E-state index contributed by atoms with van der Waals surface area (Å²) in [4.78, 5) is 31.6. The van der Waals surface area contributed by atoms with E-state index < -0.39 is 17.7 Å². The molecule has 2 aromatic carbocycles. The highest BCUT2D eigenvalue weighted by atomic mass is 79.9. The Kier molecular flexibility index (Phi) is 5.80. The lowest BCUT2D eigenvalue weighted by Gasteiger charge is -2.25. The third-order valence-corrected chi connectivity index (χ3v) is 5.81. The molecule has 6 nitrogen and oxygen atoms in total. The average Bonchev–Trinajstić information content (AvgIpc) is 3.04. The Morgan fingerprint density at radius 2 is 1.97 bits per heavy atom. The number of amides is 1. The van der Waals surface area contributed by atoms with Gasteiger partial charge in [-0.05, 0) is 64.0 Å². The molecule has 1 aliphatic heterocycles. The molecule has 1 aliphatic rings. The second-order valence-electron chi connectivity index (χ2n) is 6.78. The van der Waals surface area contributed by atoms with Gasteiger partial charge in [0, 0.05) is 28.7 Å². The third-order valence-electron chi connectivity index (χ3n) is 4.96. The van der Waals surface area contributed by atoms with E-state index in [-0.39, 0.29) is 11.3 Å². The molecule has 1 aromatic heterocycles. The highest BCUT2D eigenvalue weighted by Crippen LogP contribution is 2.42. The molecule has 2 heterocycles. The van der Waals surface area contributed by atoms with Crippen LogP contribution < -0.4 is 9.64 Å². The van der Waals surface area contributed by atoms with Crippen LogP contribution in [0.3, 0.4) is 0 Å². The zero-order valence-electron chi connectivity index (χ0n) is 16.3. The Bertz CT molecular complexity index is 1210. The Morgan fingerprint density at radius 3 is 2.61 bits per heavy atom. The number of halogens is 2. The largest absolute Gasteiger partial charge is 0.507 e. The van der Waals surface area contributed by atoms with Gasteiger partial charge in [-0.15, -0.1) is 0 Å². The summed E-state index contributed by atoms with van der Waals surface area (Å²) in [5.74, 6) is -1.27. The fourth-order valence-corrected chi connectivity index (χ4v) is 4.27. The van der Waals surface area contributed by atoms with Crippen LogP contribution in [0.4, 0.5) is 5.69 Å². The van der Waals surface area contributed by atoms with E-state index in [1.165, 1.54) is 12.0 Å². The number of anilines is 1. The molecule has 156 valence electrons. The molecule has 31 heavy (non-hydrogen) atoms. The van der Waals surface area contributed by atoms with Gasteiger partial charge in [-0.2, -0.15) is 0 Å². The van der Waals surface area contributed by atoms with Crippen LogP contribution in [0.1, 0.15) is 17.2 Å². The first-order valence-electron chi connectivity index (χ1n) is 9.22. The molecular weight excluding hydrogens is 484 g/mol. The molecule has 1 atom stereocenters. The first-order chi connectivity index (χ1) is 14.9. The van der Waals surface area contributed by atoms with E-state index in [0.29, 0.717) is 32.1 Å². The number of carbonyl (C=O) groups is 2. The number of Topliss-reactive ketones (excluding diaryl/α,β-unsaturated/α-hetero) is 1. The van der Waals surface area contributed by atoms with Gasteiger partial charge in [0.25, 0.3) is 11.7 Å². The number of ether oxygens (including phenoxy) is 1. The molecule has 0 bridgehead atoms. The normalized spacial score (nSPS) is 17.8. The fraction of sp³-hybridized carbons (Fsp3) is 0.0870. The van der Waals surface area contributed by atoms with Gasteiger partial charge in [0.15, 0.2) is 0 Å². The maximum absolute atomic E-state index is 13.1. The van der Waals surface area contributed by atoms with Crippen molar-refractivity contribution in [2.24, 2.45) is 0 Å². The molecular formula is C23H16BrClN2O4. The summed E-state index contributed by atoms with van der Waals surface area (Å²) in [5, 5.41) is 11.5. The second kappa shape index (κ2) is 8.53. The number of hydrogen-bond acceptors (Lipinski definition) is 5. The van der Waals surface area contributed by atoms with Gasteiger partial charge in [0.2, 0.25) is 0 Å². The first kappa shape index (κ1) is 21.1. The molecule has 0 saturated carbocycles. The summed E-state index contributed by atoms with van der Waals surface area (Å²) in [6.45, 7) is 0. The lowest BCUT2D eigenvalue weighted by atomic mass is 9.96. The maximum Gasteiger partial charge on any atom is 0.300 e. The van der Waals surface area contributed by atoms with E-state index in [2.05, 4.69) is 20.9 Å². The van der Waals surface area contributed by atoms with Gasteiger partial charge in [0.05, 0.1) is 23.2 Å². The van der Waals surface area contributed by atoms with Gasteiger partial charge in [0.1, 0.15) is 11.5 Å². The molecule has 0 spiro atoms. The summed E-state index contributed by atoms with van der Waals surface area (Å²) >= 11 is 9.51. The van der Waals surface area contributed by atoms with E-state index >= 15 is 0 Å². The number of rotatable bonds is 4. The van der Waals surface area contributed by atoms with Crippen LogP contribution in [-0.4, -0.2) is 28.9 Å². The van der Waals surface area contributed by atoms with Crippen molar-refractivity contribution in [3.63, 3.8) is 0 Å². The number of hydrogen-bond donors (Lipinski definition) is 1. The third kappa shape index (κ3) is 3.82. The molecule has 1 fully saturated rings. The highest BCUT2D eigenvalue weighted by Gasteiger charge is 2.47. The van der Waals surface area contributed by atoms with Crippen LogP contribution >= 0.6 is 27.5 Å². The van der Waals surface area contributed by atoms with Crippen LogP contribution in [-0.2, 0) is 9.59 Å². The predicted octanol–water partition coefficient (Wildman–Crippen LogP) is 5.13. The summed E-state index contributed by atoms with van der Waals surface area (Å²) in [5.41, 5.74) is 1.36. The van der Waals surface area contributed by atoms with E-state index in [0.717, 1.165) is 0 Å². The molecule has 8 heteroatoms. The van der Waals surface area contributed by atoms with Crippen molar-refractivity contribution in [3.05, 3.63) is 93.2 Å². The predicted molar refractivity (Wildman–Crippen MR) is 121 cm³/mol. The van der Waals surface area contributed by atoms with Crippen LogP contribution in [0, 0.1) is 0 Å². The molecule has 0 aliphatic carbocycles. The minimum absolute atomic E-state index is 0.0324. The summed E-state index contributed by atoms with van der Waals surface area (Å²) in [6, 6.07) is 14.1. The summed E-state index contributed by atoms with van der Waals surface area (Å²) < 4.78 is 5.82. The van der Waals surface area contributed by atoms with Crippen molar-refractivity contribution in [1.29, 1.82) is 0 Å². The van der Waals surface area contributed by atoms with E-state index in [1.807, 2.05) is 0 Å². The lowest BCUT2D eigenvalue weighted by molar-refractivity contribution is -0.132. The molecule has 0 radical (unpaired) electrons. The Hall–Kier alpha value is -3.16. The number of aromatic nitrogens is 1. The van der Waals surface area contributed by atoms with Crippen molar-refractivity contribution in [3.8, 4) is 5.75 Å². The van der Waals surface area contributed by atoms with Crippen molar-refractivity contribution in [2.75, 3.05) is 12.0 Å². The minimum atomic E-state index is -0.868. The number of pyridine rings is 1. The van der Waals surface area contributed by atoms with E-state index in [1.54, 1.807) is 67.0 Å². The Labute approximate surface area is 191 Å². The Morgan fingerprint density at radius 1 is 1.16 bits per heavy atom. The number of benzene rings is 2. The molecule has 1 amide bonds. The van der Waals surface area contributed by atoms with Crippen LogP contribution in [0.25, 0.3) is 5.76 Å². The van der Waals surface area contributed by atoms with E-state index in [4.69, 9.17) is 16.3 Å². The number of methoxy groups -OCH3 is 1. The number of nitrogens with zero attached hydrogens (tertiary/aromatic N) is 2. The minimum Gasteiger partial charge on any atom is -0.507 e. The Balaban J connectivity index is 1.93. The van der Waals surface area contributed by atoms with Gasteiger partial charge >= 0.3 is 0 Å². The van der Waals surface area contributed by atoms with Gasteiger partial charge in [-0.25, -0.2) is 0 Å². The van der Waals surface area contributed by atoms with Gasteiger partial charge < -0.3 is 9.84 Å². The van der Waals surface area contributed by atoms with Crippen molar-refractivity contribution < 1.29 is 19.4 Å². The zero-order chi connectivity index (χ0) is 22.1. The molecule has 1 saturated heterocycles. The quantitative estimate of drug-likeness (QED) is 0.306. The average molecular weight is 500 g/mol. The molecule has 1 unspecified atom stereocenters. The van der Waals surface area contributed by atoms with Crippen molar-refractivity contribution >= 4 is 50.7 Å². The second-order valence-corrected chi connectivity index (χ2v) is 8.08. The maximum atomic E-state index is 13.1. The van der Waals surface area contributed by atoms with E-state index in [9.17, 15) is 14.7 Å². The number of ketones is 1. The van der Waals surface area contributed by atoms with Crippen LogP contribution in [0.15, 0.2) is 77.0 Å². The fourth-order valence-electron chi connectivity index (χ4n) is 3.55. The standard InChI is InChI=1S/C23H16BrClN2O4/c1-31-18-8-7-13(10-17(18)24)21(28)19-20(14-4-3-9-26-12-14)27(23(30)22(19)29)16-6-2-5-15(25)11-16/h2-12,20,28H,1H3/b21-19+. The molecule has 3 aromatic rings. The first-order valence-corrected chi connectivity index (χ1v) is 10.4. The number of aliphatic hydroxyl groups is 1. The number of carbonyl (C=O) groups excluding carboxylic acids is 2. The van der Waals surface area contributed by atoms with Crippen molar-refractivity contribution in [2.45, 2.75) is 6.04 Å². The molecule has 1 N–H and O–H groups in total. The SMILES string of the molecule is COc1ccc(/C(O)=C2\C(=O)C(=O)N(c3cccc(Cl)c3)C2c2cccnc2)cc1Br. The van der Waals surface area contributed by atoms with Gasteiger partial charge in [-0.3, -0.25) is 19.5 Å². The smallest absolute Gasteiger partial charge is 0.300 e. The monoisotopic (exact) mass is 498 g/mol. The van der Waals surface area contributed by atoms with Crippen LogP contribution in [0.2, 0.25) is 5.02 Å². The zero-order valence-corrected chi connectivity index (χ0v) is 18.6. The number of aliphatic hydroxyl groups excluding tert-OH is 1. The van der Waals surface area contributed by atoms with Gasteiger partial charge in [-0.1, -0.05) is 23.7 Å². The molecule has 4 rings (SSSR count). The highest BCUT2D eigenvalue weighted by molar-refractivity contribution is 9.10. The topological polar surface area (TPSA) is 79.7 Å². The summed E-state index contributed by atoms with van der Waals surface area (Å²) in [7, 11) is 1.53.